The topological polar surface area (TPSA) is 96.7 Å². The molecule has 0 bridgehead atoms. The number of rotatable bonds is 4. The van der Waals surface area contributed by atoms with Crippen LogP contribution in [0.2, 0.25) is 0 Å². The number of pyridine rings is 2. The molecule has 0 saturated heterocycles. The monoisotopic (exact) mass is 357 g/mol. The van der Waals surface area contributed by atoms with Gasteiger partial charge in [-0.25, -0.2) is 4.98 Å². The minimum Gasteiger partial charge on any atom is -0.346 e. The molecule has 0 aliphatic carbocycles. The molecule has 6 nitrogen and oxygen atoms in total. The maximum absolute atomic E-state index is 12.9. The van der Waals surface area contributed by atoms with E-state index in [0.717, 1.165) is 27.7 Å². The summed E-state index contributed by atoms with van der Waals surface area (Å²) in [7, 11) is 0. The third kappa shape index (κ3) is 3.30. The van der Waals surface area contributed by atoms with Crippen LogP contribution in [-0.2, 0) is 0 Å². The number of aromatic nitrogens is 3. The van der Waals surface area contributed by atoms with Crippen molar-refractivity contribution in [1.82, 2.24) is 15.0 Å². The number of hydrogen-bond donors (Lipinski definition) is 3. The number of carbonyl (C=O) groups is 1. The smallest absolute Gasteiger partial charge is 0.255 e. The van der Waals surface area contributed by atoms with Crippen LogP contribution in [0.1, 0.15) is 28.9 Å². The van der Waals surface area contributed by atoms with Crippen LogP contribution < -0.4 is 11.1 Å². The average Bonchev–Trinajstić information content (AvgIpc) is 3.18. The van der Waals surface area contributed by atoms with Gasteiger partial charge in [-0.2, -0.15) is 0 Å². The van der Waals surface area contributed by atoms with Gasteiger partial charge >= 0.3 is 0 Å². The average molecular weight is 357 g/mol. The van der Waals surface area contributed by atoms with Gasteiger partial charge in [0.05, 0.1) is 5.69 Å². The zero-order chi connectivity index (χ0) is 18.8. The first-order chi connectivity index (χ1) is 13.1. The fourth-order valence-electron chi connectivity index (χ4n) is 3.13. The van der Waals surface area contributed by atoms with Crippen molar-refractivity contribution in [2.24, 2.45) is 5.73 Å². The van der Waals surface area contributed by atoms with Crippen molar-refractivity contribution in [2.45, 2.75) is 13.0 Å². The molecule has 134 valence electrons. The van der Waals surface area contributed by atoms with E-state index in [1.165, 1.54) is 0 Å². The highest BCUT2D eigenvalue weighted by Gasteiger charge is 2.15. The minimum absolute atomic E-state index is 0.156. The van der Waals surface area contributed by atoms with Crippen molar-refractivity contribution in [2.75, 3.05) is 5.32 Å². The molecule has 3 heterocycles. The Labute approximate surface area is 156 Å². The Bertz CT molecular complexity index is 1100. The summed E-state index contributed by atoms with van der Waals surface area (Å²) >= 11 is 0. The number of hydrogen-bond acceptors (Lipinski definition) is 4. The lowest BCUT2D eigenvalue weighted by Crippen LogP contribution is -2.14. The molecule has 4 N–H and O–H groups in total. The number of fused-ring (bicyclic) bond motifs is 1. The van der Waals surface area contributed by atoms with Gasteiger partial charge in [-0.05, 0) is 48.4 Å². The largest absolute Gasteiger partial charge is 0.346 e. The summed E-state index contributed by atoms with van der Waals surface area (Å²) < 4.78 is 0. The summed E-state index contributed by atoms with van der Waals surface area (Å²) in [4.78, 5) is 24.3. The van der Waals surface area contributed by atoms with Crippen molar-refractivity contribution in [3.05, 3.63) is 78.4 Å². The molecule has 1 amide bonds. The molecule has 0 spiro atoms. The number of nitrogens with one attached hydrogen (secondary N) is 2. The van der Waals surface area contributed by atoms with Crippen molar-refractivity contribution in [3.63, 3.8) is 0 Å². The van der Waals surface area contributed by atoms with Gasteiger partial charge in [0.15, 0.2) is 0 Å². The fourth-order valence-corrected chi connectivity index (χ4v) is 3.13. The van der Waals surface area contributed by atoms with E-state index in [9.17, 15) is 4.79 Å². The first-order valence-electron chi connectivity index (χ1n) is 8.67. The van der Waals surface area contributed by atoms with Gasteiger partial charge in [0.1, 0.15) is 5.65 Å². The molecule has 0 fully saturated rings. The normalized spacial score (nSPS) is 12.1. The highest BCUT2D eigenvalue weighted by Crippen LogP contribution is 2.29. The molecular weight excluding hydrogens is 338 g/mol. The number of nitrogens with zero attached hydrogens (tertiary/aromatic N) is 2. The van der Waals surface area contributed by atoms with E-state index in [2.05, 4.69) is 20.3 Å². The van der Waals surface area contributed by atoms with Gasteiger partial charge < -0.3 is 16.0 Å². The van der Waals surface area contributed by atoms with Crippen molar-refractivity contribution >= 4 is 22.6 Å². The van der Waals surface area contributed by atoms with Crippen LogP contribution >= 0.6 is 0 Å². The molecule has 27 heavy (non-hydrogen) atoms. The lowest BCUT2D eigenvalue weighted by atomic mass is 9.94. The number of amides is 1. The molecular formula is C21H19N5O. The zero-order valence-electron chi connectivity index (χ0n) is 14.8. The predicted molar refractivity (Wildman–Crippen MR) is 106 cm³/mol. The summed E-state index contributed by atoms with van der Waals surface area (Å²) in [6.45, 7) is 1.93. The summed E-state index contributed by atoms with van der Waals surface area (Å²) in [5.41, 5.74) is 10.9. The molecule has 0 radical (unpaired) electrons. The summed E-state index contributed by atoms with van der Waals surface area (Å²) in [6.07, 6.45) is 6.95. The molecule has 4 rings (SSSR count). The molecule has 1 atom stereocenters. The summed E-state index contributed by atoms with van der Waals surface area (Å²) in [6, 6.07) is 12.9. The Morgan fingerprint density at radius 2 is 2.07 bits per heavy atom. The molecule has 3 aromatic heterocycles. The third-order valence-corrected chi connectivity index (χ3v) is 4.49. The minimum atomic E-state index is -0.190. The van der Waals surface area contributed by atoms with Gasteiger partial charge in [0, 0.05) is 47.3 Å². The van der Waals surface area contributed by atoms with Crippen LogP contribution in [0.15, 0.2) is 67.3 Å². The predicted octanol–water partition coefficient (Wildman–Crippen LogP) is 3.90. The van der Waals surface area contributed by atoms with Crippen molar-refractivity contribution in [1.29, 1.82) is 0 Å². The highest BCUT2D eigenvalue weighted by atomic mass is 16.1. The Morgan fingerprint density at radius 3 is 2.85 bits per heavy atom. The standard InChI is InChI=1S/C21H19N5O/c1-13(22)16-5-4-14(11-18(16)15-3-2-8-23-12-15)21(27)26-19-7-10-25-20-17(19)6-9-24-20/h2-13H,22H2,1H3,(H2,24,25,26,27). The first kappa shape index (κ1) is 16.9. The van der Waals surface area contributed by atoms with E-state index in [4.69, 9.17) is 5.73 Å². The second-order valence-corrected chi connectivity index (χ2v) is 6.38. The number of nitrogens with two attached hydrogens (primary N) is 1. The SMILES string of the molecule is CC(N)c1ccc(C(=O)Nc2ccnc3[nH]ccc23)cc1-c1cccnc1. The summed E-state index contributed by atoms with van der Waals surface area (Å²) in [5.74, 6) is -0.190. The van der Waals surface area contributed by atoms with Crippen molar-refractivity contribution in [3.8, 4) is 11.1 Å². The lowest BCUT2D eigenvalue weighted by molar-refractivity contribution is 0.102. The number of anilines is 1. The van der Waals surface area contributed by atoms with Crippen LogP contribution in [0.4, 0.5) is 5.69 Å². The van der Waals surface area contributed by atoms with Gasteiger partial charge in [-0.15, -0.1) is 0 Å². The van der Waals surface area contributed by atoms with E-state index in [-0.39, 0.29) is 11.9 Å². The number of aromatic amines is 1. The van der Waals surface area contributed by atoms with E-state index in [1.54, 1.807) is 36.9 Å². The quantitative estimate of drug-likeness (QED) is 0.516. The molecule has 0 saturated carbocycles. The van der Waals surface area contributed by atoms with Gasteiger partial charge in [-0.3, -0.25) is 9.78 Å². The van der Waals surface area contributed by atoms with E-state index < -0.39 is 0 Å². The van der Waals surface area contributed by atoms with Crippen LogP contribution in [0.25, 0.3) is 22.2 Å². The molecule has 0 aliphatic heterocycles. The second kappa shape index (κ2) is 7.01. The zero-order valence-corrected chi connectivity index (χ0v) is 14.8. The van der Waals surface area contributed by atoms with E-state index >= 15 is 0 Å². The second-order valence-electron chi connectivity index (χ2n) is 6.38. The van der Waals surface area contributed by atoms with E-state index in [1.807, 2.05) is 37.3 Å². The van der Waals surface area contributed by atoms with Crippen molar-refractivity contribution < 1.29 is 4.79 Å². The van der Waals surface area contributed by atoms with E-state index in [0.29, 0.717) is 11.3 Å². The lowest BCUT2D eigenvalue weighted by Gasteiger charge is -2.15. The molecule has 0 aliphatic rings. The molecule has 4 aromatic rings. The van der Waals surface area contributed by atoms with Gasteiger partial charge in [0.25, 0.3) is 5.91 Å². The van der Waals surface area contributed by atoms with Crippen LogP contribution in [0.5, 0.6) is 0 Å². The van der Waals surface area contributed by atoms with Gasteiger partial charge in [-0.1, -0.05) is 12.1 Å². The Morgan fingerprint density at radius 1 is 1.19 bits per heavy atom. The molecule has 1 unspecified atom stereocenters. The van der Waals surface area contributed by atoms with Crippen LogP contribution in [0.3, 0.4) is 0 Å². The fraction of sp³-hybridized carbons (Fsp3) is 0.0952. The maximum Gasteiger partial charge on any atom is 0.255 e. The Kier molecular flexibility index (Phi) is 4.40. The summed E-state index contributed by atoms with van der Waals surface area (Å²) in [5, 5.41) is 3.84. The number of benzene rings is 1. The Hall–Kier alpha value is -3.51. The van der Waals surface area contributed by atoms with Crippen LogP contribution in [-0.4, -0.2) is 20.9 Å². The van der Waals surface area contributed by atoms with Gasteiger partial charge in [0.2, 0.25) is 0 Å². The number of carbonyl (C=O) groups excluding carboxylic acids is 1. The number of H-pyrrole nitrogens is 1. The Balaban J connectivity index is 1.71. The molecule has 1 aromatic carbocycles. The highest BCUT2D eigenvalue weighted by molar-refractivity contribution is 6.08. The maximum atomic E-state index is 12.9. The molecule has 6 heteroatoms. The third-order valence-electron chi connectivity index (χ3n) is 4.49. The van der Waals surface area contributed by atoms with Crippen LogP contribution in [0, 0.1) is 0 Å². The first-order valence-corrected chi connectivity index (χ1v) is 8.67.